The number of hydrogen-bond donors (Lipinski definition) is 2. The summed E-state index contributed by atoms with van der Waals surface area (Å²) in [6, 6.07) is 11.3. The van der Waals surface area contributed by atoms with Crippen LogP contribution >= 0.6 is 0 Å². The lowest BCUT2D eigenvalue weighted by Crippen LogP contribution is -2.22. The molecule has 0 unspecified atom stereocenters. The highest BCUT2D eigenvalue weighted by Crippen LogP contribution is 2.28. The average Bonchev–Trinajstić information content (AvgIpc) is 2.60. The van der Waals surface area contributed by atoms with Crippen molar-refractivity contribution in [3.05, 3.63) is 52.6 Å². The monoisotopic (exact) mass is 331 g/mol. The van der Waals surface area contributed by atoms with E-state index in [-0.39, 0.29) is 17.9 Å². The molecular weight excluding hydrogens is 314 g/mol. The lowest BCUT2D eigenvalue weighted by molar-refractivity contribution is -0.384. The van der Waals surface area contributed by atoms with Gasteiger partial charge in [-0.25, -0.2) is 0 Å². The van der Waals surface area contributed by atoms with Gasteiger partial charge >= 0.3 is 0 Å². The van der Waals surface area contributed by atoms with E-state index in [1.807, 2.05) is 0 Å². The number of carbonyl (C=O) groups is 1. The first-order valence-electron chi connectivity index (χ1n) is 7.03. The van der Waals surface area contributed by atoms with E-state index in [1.54, 1.807) is 37.4 Å². The van der Waals surface area contributed by atoms with Gasteiger partial charge in [0.25, 0.3) is 5.69 Å². The van der Waals surface area contributed by atoms with Crippen molar-refractivity contribution >= 4 is 23.0 Å². The van der Waals surface area contributed by atoms with Crippen LogP contribution in [0.25, 0.3) is 0 Å². The Kier molecular flexibility index (Phi) is 5.56. The lowest BCUT2D eigenvalue weighted by atomic mass is 10.2. The van der Waals surface area contributed by atoms with Crippen molar-refractivity contribution < 1.29 is 19.2 Å². The zero-order valence-corrected chi connectivity index (χ0v) is 13.2. The molecule has 2 rings (SSSR count). The molecule has 0 aliphatic rings. The summed E-state index contributed by atoms with van der Waals surface area (Å²) in [5.74, 6) is 0.647. The van der Waals surface area contributed by atoms with Crippen LogP contribution in [0, 0.1) is 10.1 Å². The van der Waals surface area contributed by atoms with Gasteiger partial charge in [-0.05, 0) is 36.4 Å². The number of nitrogens with one attached hydrogen (secondary N) is 2. The van der Waals surface area contributed by atoms with Gasteiger partial charge in [0.15, 0.2) is 0 Å². The number of benzene rings is 2. The first kappa shape index (κ1) is 17.1. The number of hydrogen-bond acceptors (Lipinski definition) is 6. The zero-order valence-electron chi connectivity index (χ0n) is 13.2. The lowest BCUT2D eigenvalue weighted by Gasteiger charge is -2.09. The Hall–Kier alpha value is -3.29. The van der Waals surface area contributed by atoms with E-state index in [2.05, 4.69) is 10.6 Å². The molecule has 8 nitrogen and oxygen atoms in total. The highest BCUT2D eigenvalue weighted by Gasteiger charge is 2.17. The minimum Gasteiger partial charge on any atom is -0.497 e. The summed E-state index contributed by atoms with van der Waals surface area (Å²) in [4.78, 5) is 22.5. The number of methoxy groups -OCH3 is 2. The largest absolute Gasteiger partial charge is 0.497 e. The van der Waals surface area contributed by atoms with Crippen LogP contribution in [0.4, 0.5) is 17.1 Å². The molecule has 126 valence electrons. The van der Waals surface area contributed by atoms with Crippen LogP contribution in [-0.2, 0) is 4.79 Å². The van der Waals surface area contributed by atoms with E-state index >= 15 is 0 Å². The van der Waals surface area contributed by atoms with Crippen molar-refractivity contribution in [1.29, 1.82) is 0 Å². The van der Waals surface area contributed by atoms with Crippen LogP contribution in [0.3, 0.4) is 0 Å². The standard InChI is InChI=1S/C16H17N3O5/c1-23-12-5-3-11(4-6-12)17-10-16(20)18-14-8-7-13(24-2)9-15(14)19(21)22/h3-9,17H,10H2,1-2H3,(H,18,20). The molecule has 24 heavy (non-hydrogen) atoms. The Balaban J connectivity index is 2.00. The van der Waals surface area contributed by atoms with E-state index in [1.165, 1.54) is 19.2 Å². The SMILES string of the molecule is COc1ccc(NCC(=O)Nc2ccc(OC)cc2[N+](=O)[O-])cc1. The number of anilines is 2. The Morgan fingerprint density at radius 3 is 2.29 bits per heavy atom. The summed E-state index contributed by atoms with van der Waals surface area (Å²) in [6.45, 7) is -0.0322. The van der Waals surface area contributed by atoms with E-state index in [0.717, 1.165) is 5.69 Å². The van der Waals surface area contributed by atoms with Gasteiger partial charge in [0.2, 0.25) is 5.91 Å². The molecule has 0 aliphatic carbocycles. The number of ether oxygens (including phenoxy) is 2. The fourth-order valence-electron chi connectivity index (χ4n) is 1.98. The summed E-state index contributed by atoms with van der Waals surface area (Å²) >= 11 is 0. The van der Waals surface area contributed by atoms with Crippen molar-refractivity contribution in [2.45, 2.75) is 0 Å². The Morgan fingerprint density at radius 1 is 1.08 bits per heavy atom. The normalized spacial score (nSPS) is 9.92. The van der Waals surface area contributed by atoms with Gasteiger partial charge in [0, 0.05) is 5.69 Å². The maximum atomic E-state index is 12.0. The third kappa shape index (κ3) is 4.35. The molecule has 2 aromatic carbocycles. The predicted octanol–water partition coefficient (Wildman–Crippen LogP) is 2.66. The maximum Gasteiger partial charge on any atom is 0.296 e. The second kappa shape index (κ2) is 7.82. The predicted molar refractivity (Wildman–Crippen MR) is 89.8 cm³/mol. The third-order valence-corrected chi connectivity index (χ3v) is 3.22. The van der Waals surface area contributed by atoms with Gasteiger partial charge in [-0.2, -0.15) is 0 Å². The molecule has 0 fully saturated rings. The number of amides is 1. The second-order valence-electron chi connectivity index (χ2n) is 4.77. The van der Waals surface area contributed by atoms with Gasteiger partial charge in [0.1, 0.15) is 17.2 Å². The van der Waals surface area contributed by atoms with Crippen LogP contribution in [0.2, 0.25) is 0 Å². The van der Waals surface area contributed by atoms with Crippen LogP contribution < -0.4 is 20.1 Å². The summed E-state index contributed by atoms with van der Waals surface area (Å²) in [5, 5.41) is 16.5. The fourth-order valence-corrected chi connectivity index (χ4v) is 1.98. The first-order valence-corrected chi connectivity index (χ1v) is 7.03. The summed E-state index contributed by atoms with van der Waals surface area (Å²) < 4.78 is 10.00. The van der Waals surface area contributed by atoms with E-state index in [0.29, 0.717) is 11.5 Å². The Morgan fingerprint density at radius 2 is 1.71 bits per heavy atom. The Bertz CT molecular complexity index is 731. The molecule has 8 heteroatoms. The van der Waals surface area contributed by atoms with Crippen molar-refractivity contribution in [2.75, 3.05) is 31.4 Å². The molecule has 2 N–H and O–H groups in total. The van der Waals surface area contributed by atoms with Crippen LogP contribution in [0.1, 0.15) is 0 Å². The van der Waals surface area contributed by atoms with Gasteiger partial charge in [-0.3, -0.25) is 14.9 Å². The van der Waals surface area contributed by atoms with Gasteiger partial charge in [-0.1, -0.05) is 0 Å². The molecule has 0 heterocycles. The van der Waals surface area contributed by atoms with E-state index in [9.17, 15) is 14.9 Å². The smallest absolute Gasteiger partial charge is 0.296 e. The van der Waals surface area contributed by atoms with Gasteiger partial charge in [0.05, 0.1) is 31.8 Å². The van der Waals surface area contributed by atoms with Crippen LogP contribution in [0.15, 0.2) is 42.5 Å². The number of nitrogens with zero attached hydrogens (tertiary/aromatic N) is 1. The molecule has 0 saturated heterocycles. The average molecular weight is 331 g/mol. The molecular formula is C16H17N3O5. The number of rotatable bonds is 7. The molecule has 0 radical (unpaired) electrons. The molecule has 0 spiro atoms. The molecule has 0 saturated carbocycles. The van der Waals surface area contributed by atoms with E-state index in [4.69, 9.17) is 9.47 Å². The molecule has 0 aromatic heterocycles. The summed E-state index contributed by atoms with van der Waals surface area (Å²) in [6.07, 6.45) is 0. The molecule has 1 amide bonds. The van der Waals surface area contributed by atoms with Crippen molar-refractivity contribution in [2.24, 2.45) is 0 Å². The second-order valence-corrected chi connectivity index (χ2v) is 4.77. The summed E-state index contributed by atoms with van der Waals surface area (Å²) in [5.41, 5.74) is 0.615. The molecule has 0 bridgehead atoms. The molecule has 0 aliphatic heterocycles. The highest BCUT2D eigenvalue weighted by atomic mass is 16.6. The zero-order chi connectivity index (χ0) is 17.5. The highest BCUT2D eigenvalue weighted by molar-refractivity contribution is 5.95. The van der Waals surface area contributed by atoms with Crippen molar-refractivity contribution in [3.63, 3.8) is 0 Å². The maximum absolute atomic E-state index is 12.0. The van der Waals surface area contributed by atoms with E-state index < -0.39 is 10.8 Å². The van der Waals surface area contributed by atoms with Gasteiger partial charge < -0.3 is 20.1 Å². The van der Waals surface area contributed by atoms with Crippen molar-refractivity contribution in [3.8, 4) is 11.5 Å². The number of carbonyl (C=O) groups excluding carboxylic acids is 1. The minimum absolute atomic E-state index is 0.0322. The van der Waals surface area contributed by atoms with Crippen LogP contribution in [0.5, 0.6) is 11.5 Å². The molecule has 0 atom stereocenters. The third-order valence-electron chi connectivity index (χ3n) is 3.22. The topological polar surface area (TPSA) is 103 Å². The van der Waals surface area contributed by atoms with Crippen molar-refractivity contribution in [1.82, 2.24) is 0 Å². The first-order chi connectivity index (χ1) is 11.5. The Labute approximate surface area is 138 Å². The molecule has 2 aromatic rings. The number of nitro benzene ring substituents is 1. The summed E-state index contributed by atoms with van der Waals surface area (Å²) in [7, 11) is 2.98. The quantitative estimate of drug-likeness (QED) is 0.597. The number of nitro groups is 1. The minimum atomic E-state index is -0.574. The van der Waals surface area contributed by atoms with Gasteiger partial charge in [-0.15, -0.1) is 0 Å². The van der Waals surface area contributed by atoms with Crippen LogP contribution in [-0.4, -0.2) is 31.6 Å². The fraction of sp³-hybridized carbons (Fsp3) is 0.188.